The smallest absolute Gasteiger partial charge is 0.338 e. The van der Waals surface area contributed by atoms with Crippen molar-refractivity contribution in [1.82, 2.24) is 14.7 Å². The van der Waals surface area contributed by atoms with Crippen LogP contribution in [0.4, 0.5) is 13.2 Å². The number of carbonyl (C=O) groups is 3. The maximum atomic E-state index is 12.1. The van der Waals surface area contributed by atoms with E-state index in [-0.39, 0.29) is 38.0 Å². The van der Waals surface area contributed by atoms with E-state index in [1.54, 1.807) is 0 Å². The Hall–Kier alpha value is -1.80. The SMILES string of the molecule is CN1CC(=O)N2CCN(C(=O)CCC(F)(F)F)C[C@@H]2C1=O. The first-order valence-electron chi connectivity index (χ1n) is 6.58. The molecule has 0 aromatic heterocycles. The minimum atomic E-state index is -4.38. The van der Waals surface area contributed by atoms with E-state index in [0.717, 1.165) is 0 Å². The van der Waals surface area contributed by atoms with Gasteiger partial charge in [-0.15, -0.1) is 0 Å². The van der Waals surface area contributed by atoms with Gasteiger partial charge in [-0.25, -0.2) is 0 Å². The second kappa shape index (κ2) is 5.53. The number of alkyl halides is 3. The summed E-state index contributed by atoms with van der Waals surface area (Å²) in [6, 6.07) is -0.778. The molecule has 2 rings (SSSR count). The van der Waals surface area contributed by atoms with Crippen molar-refractivity contribution in [3.63, 3.8) is 0 Å². The van der Waals surface area contributed by atoms with Gasteiger partial charge in [0.05, 0.1) is 19.5 Å². The zero-order valence-corrected chi connectivity index (χ0v) is 11.5. The van der Waals surface area contributed by atoms with Crippen LogP contribution in [0.15, 0.2) is 0 Å². The van der Waals surface area contributed by atoms with Crippen LogP contribution in [0, 0.1) is 0 Å². The molecular formula is C12H16F3N3O3. The standard InChI is InChI=1S/C12H16F3N3O3/c1-16-7-10(20)18-5-4-17(6-8(18)11(16)21)9(19)2-3-12(13,14)15/h8H,2-7H2,1H3/t8-/m1/s1. The van der Waals surface area contributed by atoms with Crippen LogP contribution in [0.25, 0.3) is 0 Å². The van der Waals surface area contributed by atoms with Gasteiger partial charge in [0.15, 0.2) is 0 Å². The second-order valence-corrected chi connectivity index (χ2v) is 5.25. The molecule has 0 aromatic rings. The van der Waals surface area contributed by atoms with Crippen LogP contribution in [-0.2, 0) is 14.4 Å². The van der Waals surface area contributed by atoms with Crippen LogP contribution in [0.5, 0.6) is 0 Å². The van der Waals surface area contributed by atoms with E-state index in [1.807, 2.05) is 0 Å². The monoisotopic (exact) mass is 307 g/mol. The Kier molecular flexibility index (Phi) is 4.11. The second-order valence-electron chi connectivity index (χ2n) is 5.25. The van der Waals surface area contributed by atoms with Gasteiger partial charge < -0.3 is 14.7 Å². The van der Waals surface area contributed by atoms with E-state index < -0.39 is 31.0 Å². The van der Waals surface area contributed by atoms with Crippen molar-refractivity contribution in [1.29, 1.82) is 0 Å². The van der Waals surface area contributed by atoms with E-state index >= 15 is 0 Å². The topological polar surface area (TPSA) is 60.9 Å². The number of fused-ring (bicyclic) bond motifs is 1. The molecule has 0 aromatic carbocycles. The molecule has 2 saturated heterocycles. The molecule has 0 unspecified atom stereocenters. The van der Waals surface area contributed by atoms with Crippen molar-refractivity contribution in [3.8, 4) is 0 Å². The molecular weight excluding hydrogens is 291 g/mol. The number of hydrogen-bond donors (Lipinski definition) is 0. The fourth-order valence-corrected chi connectivity index (χ4v) is 2.55. The Morgan fingerprint density at radius 1 is 1.29 bits per heavy atom. The number of amides is 3. The molecule has 2 aliphatic heterocycles. The van der Waals surface area contributed by atoms with Gasteiger partial charge in [-0.3, -0.25) is 14.4 Å². The number of piperazine rings is 2. The van der Waals surface area contributed by atoms with Crippen molar-refractivity contribution >= 4 is 17.7 Å². The average molecular weight is 307 g/mol. The molecule has 6 nitrogen and oxygen atoms in total. The third-order valence-corrected chi connectivity index (χ3v) is 3.71. The van der Waals surface area contributed by atoms with Crippen LogP contribution in [0.3, 0.4) is 0 Å². The lowest BCUT2D eigenvalue weighted by Crippen LogP contribution is -2.66. The molecule has 0 bridgehead atoms. The number of halogens is 3. The first-order valence-corrected chi connectivity index (χ1v) is 6.58. The Morgan fingerprint density at radius 3 is 2.57 bits per heavy atom. The third kappa shape index (κ3) is 3.45. The molecule has 2 fully saturated rings. The number of likely N-dealkylation sites (N-methyl/N-ethyl adjacent to an activating group) is 1. The summed E-state index contributed by atoms with van der Waals surface area (Å²) in [6.07, 6.45) is -6.19. The van der Waals surface area contributed by atoms with Crippen molar-refractivity contribution in [2.24, 2.45) is 0 Å². The summed E-state index contributed by atoms with van der Waals surface area (Å²) >= 11 is 0. The zero-order valence-electron chi connectivity index (χ0n) is 11.5. The van der Waals surface area contributed by atoms with Gasteiger partial charge in [-0.05, 0) is 0 Å². The van der Waals surface area contributed by atoms with Gasteiger partial charge in [-0.1, -0.05) is 0 Å². The summed E-state index contributed by atoms with van der Waals surface area (Å²) in [4.78, 5) is 39.5. The largest absolute Gasteiger partial charge is 0.389 e. The van der Waals surface area contributed by atoms with E-state index in [9.17, 15) is 27.6 Å². The average Bonchev–Trinajstić information content (AvgIpc) is 2.41. The van der Waals surface area contributed by atoms with Crippen molar-refractivity contribution < 1.29 is 27.6 Å². The fraction of sp³-hybridized carbons (Fsp3) is 0.750. The number of carbonyl (C=O) groups excluding carboxylic acids is 3. The molecule has 1 atom stereocenters. The fourth-order valence-electron chi connectivity index (χ4n) is 2.55. The van der Waals surface area contributed by atoms with Crippen molar-refractivity contribution in [3.05, 3.63) is 0 Å². The first-order chi connectivity index (χ1) is 9.69. The third-order valence-electron chi connectivity index (χ3n) is 3.71. The quantitative estimate of drug-likeness (QED) is 0.712. The van der Waals surface area contributed by atoms with Crippen molar-refractivity contribution in [2.75, 3.05) is 33.2 Å². The normalized spacial score (nSPS) is 23.4. The van der Waals surface area contributed by atoms with Gasteiger partial charge in [0.1, 0.15) is 6.04 Å². The van der Waals surface area contributed by atoms with Crippen LogP contribution >= 0.6 is 0 Å². The van der Waals surface area contributed by atoms with E-state index in [4.69, 9.17) is 0 Å². The highest BCUT2D eigenvalue weighted by molar-refractivity contribution is 5.95. The Morgan fingerprint density at radius 2 is 1.95 bits per heavy atom. The van der Waals surface area contributed by atoms with Gasteiger partial charge in [0, 0.05) is 26.6 Å². The molecule has 9 heteroatoms. The Balaban J connectivity index is 1.99. The molecule has 0 N–H and O–H groups in total. The molecule has 21 heavy (non-hydrogen) atoms. The summed E-state index contributed by atoms with van der Waals surface area (Å²) in [5, 5.41) is 0. The maximum Gasteiger partial charge on any atom is 0.389 e. The van der Waals surface area contributed by atoms with Crippen LogP contribution in [0.2, 0.25) is 0 Å². The van der Waals surface area contributed by atoms with Crippen LogP contribution in [0.1, 0.15) is 12.8 Å². The Bertz CT molecular complexity index is 466. The highest BCUT2D eigenvalue weighted by atomic mass is 19.4. The minimum Gasteiger partial charge on any atom is -0.338 e. The molecule has 2 heterocycles. The molecule has 0 radical (unpaired) electrons. The molecule has 3 amide bonds. The Labute approximate surface area is 119 Å². The van der Waals surface area contributed by atoms with Crippen molar-refractivity contribution in [2.45, 2.75) is 25.1 Å². The van der Waals surface area contributed by atoms with Gasteiger partial charge in [-0.2, -0.15) is 13.2 Å². The lowest BCUT2D eigenvalue weighted by atomic mass is 10.1. The summed E-state index contributed by atoms with van der Waals surface area (Å²) in [5.41, 5.74) is 0. The van der Waals surface area contributed by atoms with Crippen LogP contribution in [-0.4, -0.2) is 77.9 Å². The number of nitrogens with zero attached hydrogens (tertiary/aromatic N) is 3. The highest BCUT2D eigenvalue weighted by Crippen LogP contribution is 2.23. The summed E-state index contributed by atoms with van der Waals surface area (Å²) in [6.45, 7) is 0.305. The first kappa shape index (κ1) is 15.6. The van der Waals surface area contributed by atoms with Gasteiger partial charge in [0.25, 0.3) is 0 Å². The minimum absolute atomic E-state index is 0.00263. The van der Waals surface area contributed by atoms with E-state index in [2.05, 4.69) is 0 Å². The highest BCUT2D eigenvalue weighted by Gasteiger charge is 2.42. The van der Waals surface area contributed by atoms with Crippen LogP contribution < -0.4 is 0 Å². The molecule has 0 saturated carbocycles. The molecule has 0 aliphatic carbocycles. The summed E-state index contributed by atoms with van der Waals surface area (Å²) in [7, 11) is 1.49. The molecule has 118 valence electrons. The van der Waals surface area contributed by atoms with E-state index in [1.165, 1.54) is 21.7 Å². The molecule has 0 spiro atoms. The van der Waals surface area contributed by atoms with Gasteiger partial charge in [0.2, 0.25) is 17.7 Å². The predicted octanol–water partition coefficient (Wildman–Crippen LogP) is -0.160. The van der Waals surface area contributed by atoms with Gasteiger partial charge >= 0.3 is 6.18 Å². The summed E-state index contributed by atoms with van der Waals surface area (Å²) < 4.78 is 36.4. The summed E-state index contributed by atoms with van der Waals surface area (Å²) in [5.74, 6) is -1.13. The number of hydrogen-bond acceptors (Lipinski definition) is 3. The predicted molar refractivity (Wildman–Crippen MR) is 65.0 cm³/mol. The number of rotatable bonds is 2. The maximum absolute atomic E-state index is 12.1. The lowest BCUT2D eigenvalue weighted by Gasteiger charge is -2.45. The molecule has 2 aliphatic rings. The zero-order chi connectivity index (χ0) is 15.8. The van der Waals surface area contributed by atoms with E-state index in [0.29, 0.717) is 0 Å². The lowest BCUT2D eigenvalue weighted by molar-refractivity contribution is -0.162.